The van der Waals surface area contributed by atoms with Gasteiger partial charge in [-0.25, -0.2) is 4.68 Å². The number of benzene rings is 2. The van der Waals surface area contributed by atoms with Gasteiger partial charge in [-0.05, 0) is 63.4 Å². The largest absolute Gasteiger partial charge is 0.462 e. The maximum atomic E-state index is 13.9. The summed E-state index contributed by atoms with van der Waals surface area (Å²) < 4.78 is 19.5. The minimum Gasteiger partial charge on any atom is -0.462 e. The Morgan fingerprint density at radius 3 is 2.58 bits per heavy atom. The molecule has 4 aromatic rings. The number of anilines is 3. The molecule has 1 amide bonds. The molecule has 0 bridgehead atoms. The van der Waals surface area contributed by atoms with Crippen molar-refractivity contribution >= 4 is 40.0 Å². The number of hydrogen-bond acceptors (Lipinski definition) is 12. The predicted molar refractivity (Wildman–Crippen MR) is 189 cm³/mol. The van der Waals surface area contributed by atoms with E-state index < -0.39 is 5.91 Å². The third-order valence-electron chi connectivity index (χ3n) is 9.78. The van der Waals surface area contributed by atoms with Crippen molar-refractivity contribution in [3.8, 4) is 6.01 Å². The quantitative estimate of drug-likeness (QED) is 0.222. The lowest BCUT2D eigenvalue weighted by Crippen LogP contribution is -2.48. The number of likely N-dealkylation sites (tertiary alicyclic amines) is 1. The van der Waals surface area contributed by atoms with Crippen molar-refractivity contribution in [1.82, 2.24) is 29.5 Å². The van der Waals surface area contributed by atoms with Gasteiger partial charge in [-0.15, -0.1) is 0 Å². The molecule has 264 valence electrons. The van der Waals surface area contributed by atoms with Crippen LogP contribution in [0.25, 0.3) is 10.9 Å². The second-order valence-corrected chi connectivity index (χ2v) is 13.2. The lowest BCUT2D eigenvalue weighted by molar-refractivity contribution is -0.146. The molecule has 5 heterocycles. The molecule has 3 fully saturated rings. The number of carbonyl (C=O) groups is 2. The second-order valence-electron chi connectivity index (χ2n) is 13.2. The molecule has 14 nitrogen and oxygen atoms in total. The highest BCUT2D eigenvalue weighted by atomic mass is 16.5. The fraction of sp³-hybridized carbons (Fsp3) is 0.472. The van der Waals surface area contributed by atoms with Crippen LogP contribution >= 0.6 is 0 Å². The molecule has 0 saturated carbocycles. The Labute approximate surface area is 291 Å². The number of aromatic nitrogens is 4. The average Bonchev–Trinajstić information content (AvgIpc) is 3.78. The van der Waals surface area contributed by atoms with Gasteiger partial charge in [0, 0.05) is 44.2 Å². The van der Waals surface area contributed by atoms with Crippen LogP contribution in [-0.2, 0) is 20.9 Å². The van der Waals surface area contributed by atoms with Crippen LogP contribution in [0.5, 0.6) is 6.01 Å². The first-order valence-corrected chi connectivity index (χ1v) is 17.5. The summed E-state index contributed by atoms with van der Waals surface area (Å²) in [6, 6.07) is 15.7. The van der Waals surface area contributed by atoms with E-state index in [2.05, 4.69) is 27.3 Å². The van der Waals surface area contributed by atoms with Crippen LogP contribution in [-0.4, -0.2) is 107 Å². The monoisotopic (exact) mass is 683 g/mol. The van der Waals surface area contributed by atoms with E-state index in [9.17, 15) is 9.59 Å². The number of amides is 1. The fourth-order valence-corrected chi connectivity index (χ4v) is 6.87. The molecule has 0 spiro atoms. The van der Waals surface area contributed by atoms with Crippen LogP contribution in [0.15, 0.2) is 54.7 Å². The normalized spacial score (nSPS) is 20.2. The van der Waals surface area contributed by atoms with E-state index in [0.29, 0.717) is 50.9 Å². The summed E-state index contributed by atoms with van der Waals surface area (Å²) in [5.74, 6) is -0.308. The number of likely N-dealkylation sites (N-methyl/N-ethyl adjacent to an activating group) is 1. The number of esters is 1. The number of nitrogens with two attached hydrogens (primary N) is 1. The molecule has 2 aromatic carbocycles. The summed E-state index contributed by atoms with van der Waals surface area (Å²) in [4.78, 5) is 42.1. The smallest absolute Gasteiger partial charge is 0.320 e. The molecule has 14 heteroatoms. The van der Waals surface area contributed by atoms with Gasteiger partial charge in [0.2, 0.25) is 0 Å². The van der Waals surface area contributed by atoms with E-state index in [1.807, 2.05) is 63.0 Å². The number of piperazine rings is 1. The summed E-state index contributed by atoms with van der Waals surface area (Å²) >= 11 is 0. The zero-order valence-corrected chi connectivity index (χ0v) is 28.5. The molecule has 3 aliphatic heterocycles. The van der Waals surface area contributed by atoms with Crippen molar-refractivity contribution in [2.45, 2.75) is 51.0 Å². The zero-order chi connectivity index (χ0) is 34.5. The third-order valence-corrected chi connectivity index (χ3v) is 9.78. The predicted octanol–water partition coefficient (Wildman–Crippen LogP) is 3.70. The Kier molecular flexibility index (Phi) is 10.4. The fourth-order valence-electron chi connectivity index (χ4n) is 6.87. The topological polar surface area (TPSA) is 153 Å². The number of rotatable bonds is 11. The van der Waals surface area contributed by atoms with Gasteiger partial charge < -0.3 is 35.1 Å². The van der Waals surface area contributed by atoms with Crippen LogP contribution in [0.3, 0.4) is 0 Å². The van der Waals surface area contributed by atoms with E-state index in [1.54, 1.807) is 6.20 Å². The molecule has 3 N–H and O–H groups in total. The minimum absolute atomic E-state index is 0.0386. The number of nitrogen functional groups attached to an aromatic ring is 1. The first kappa shape index (κ1) is 33.7. The molecule has 3 saturated heterocycles. The Hall–Kier alpha value is -4.79. The summed E-state index contributed by atoms with van der Waals surface area (Å²) in [5.41, 5.74) is 9.31. The van der Waals surface area contributed by atoms with Crippen molar-refractivity contribution in [2.75, 3.05) is 75.5 Å². The van der Waals surface area contributed by atoms with Gasteiger partial charge in [-0.2, -0.15) is 15.1 Å². The molecule has 50 heavy (non-hydrogen) atoms. The molecule has 2 atom stereocenters. The highest BCUT2D eigenvalue weighted by molar-refractivity contribution is 6.11. The van der Waals surface area contributed by atoms with Crippen LogP contribution in [0.1, 0.15) is 54.4 Å². The first-order chi connectivity index (χ1) is 24.4. The standard InChI is InChI=1S/C36H45N9O5/c1-42-15-8-11-26(42)24-50-36-40-33(35(47)39-28-12-7-13-29-27(28)21-38-45(29)30-14-5-6-20-48-30)32(37)34(41-36)44-18-16-43(17-19-44)22-31(46)49-23-25-9-3-2-4-10-25/h2-4,7,9-10,12-13,21,26,30H,5-6,8,11,14-20,22-24,37H2,1H3,(H,39,47)/t26-,30?/m0/s1. The van der Waals surface area contributed by atoms with Gasteiger partial charge >= 0.3 is 12.0 Å². The lowest BCUT2D eigenvalue weighted by atomic mass is 10.1. The number of nitrogens with zero attached hydrogens (tertiary/aromatic N) is 7. The third kappa shape index (κ3) is 7.67. The summed E-state index contributed by atoms with van der Waals surface area (Å²) in [6.07, 6.45) is 6.75. The molecular formula is C36H45N9O5. The van der Waals surface area contributed by atoms with Gasteiger partial charge in [-0.3, -0.25) is 14.5 Å². The number of hydrogen-bond donors (Lipinski definition) is 2. The summed E-state index contributed by atoms with van der Waals surface area (Å²) in [7, 11) is 2.08. The average molecular weight is 684 g/mol. The van der Waals surface area contributed by atoms with E-state index in [4.69, 9.17) is 24.9 Å². The summed E-state index contributed by atoms with van der Waals surface area (Å²) in [6.45, 7) is 4.81. The molecule has 1 unspecified atom stereocenters. The molecule has 0 aliphatic carbocycles. The Morgan fingerprint density at radius 2 is 1.82 bits per heavy atom. The van der Waals surface area contributed by atoms with E-state index in [1.165, 1.54) is 0 Å². The van der Waals surface area contributed by atoms with E-state index >= 15 is 0 Å². The molecule has 7 rings (SSSR count). The van der Waals surface area contributed by atoms with E-state index in [0.717, 1.165) is 55.1 Å². The van der Waals surface area contributed by atoms with Gasteiger partial charge in [-0.1, -0.05) is 36.4 Å². The summed E-state index contributed by atoms with van der Waals surface area (Å²) in [5, 5.41) is 8.43. The number of nitrogens with one attached hydrogen (secondary N) is 1. The van der Waals surface area contributed by atoms with Crippen LogP contribution in [0.2, 0.25) is 0 Å². The highest BCUT2D eigenvalue weighted by Crippen LogP contribution is 2.32. The maximum absolute atomic E-state index is 13.9. The minimum atomic E-state index is -0.469. The van der Waals surface area contributed by atoms with Crippen LogP contribution in [0.4, 0.5) is 17.2 Å². The van der Waals surface area contributed by atoms with Gasteiger partial charge in [0.1, 0.15) is 18.9 Å². The molecule has 2 aromatic heterocycles. The van der Waals surface area contributed by atoms with Crippen molar-refractivity contribution in [3.05, 3.63) is 66.0 Å². The Morgan fingerprint density at radius 1 is 0.980 bits per heavy atom. The van der Waals surface area contributed by atoms with Gasteiger partial charge in [0.25, 0.3) is 5.91 Å². The van der Waals surface area contributed by atoms with Crippen molar-refractivity contribution in [1.29, 1.82) is 0 Å². The number of ether oxygens (including phenoxy) is 3. The second kappa shape index (κ2) is 15.4. The number of fused-ring (bicyclic) bond motifs is 1. The zero-order valence-electron chi connectivity index (χ0n) is 28.5. The van der Waals surface area contributed by atoms with Gasteiger partial charge in [0.15, 0.2) is 17.7 Å². The van der Waals surface area contributed by atoms with Gasteiger partial charge in [0.05, 0.1) is 23.9 Å². The van der Waals surface area contributed by atoms with Crippen molar-refractivity contribution in [3.63, 3.8) is 0 Å². The van der Waals surface area contributed by atoms with E-state index in [-0.39, 0.29) is 48.8 Å². The highest BCUT2D eigenvalue weighted by Gasteiger charge is 2.28. The molecule has 0 radical (unpaired) electrons. The molecule has 3 aliphatic rings. The SMILES string of the molecule is CN1CCC[C@H]1COc1nc(C(=O)Nc2cccc3c2cnn3C2CCCCO2)c(N)c(N2CCN(CC(=O)OCc3ccccc3)CC2)n1. The Balaban J connectivity index is 1.07. The lowest BCUT2D eigenvalue weighted by Gasteiger charge is -2.35. The van der Waals surface area contributed by atoms with Crippen molar-refractivity contribution < 1.29 is 23.8 Å². The Bertz CT molecular complexity index is 1790. The number of carbonyl (C=O) groups excluding carboxylic acids is 2. The first-order valence-electron chi connectivity index (χ1n) is 17.5. The van der Waals surface area contributed by atoms with Crippen LogP contribution in [0, 0.1) is 0 Å². The van der Waals surface area contributed by atoms with Crippen molar-refractivity contribution in [2.24, 2.45) is 0 Å². The molecular weight excluding hydrogens is 638 g/mol. The van der Waals surface area contributed by atoms with Crippen LogP contribution < -0.4 is 20.7 Å². The maximum Gasteiger partial charge on any atom is 0.320 e.